The van der Waals surface area contributed by atoms with Gasteiger partial charge in [0, 0.05) is 13.0 Å². The molecular formula is C19H33N5O8. The van der Waals surface area contributed by atoms with Crippen molar-refractivity contribution in [2.24, 2.45) is 11.5 Å². The highest BCUT2D eigenvalue weighted by Gasteiger charge is 2.38. The van der Waals surface area contributed by atoms with Gasteiger partial charge in [-0.1, -0.05) is 6.42 Å². The van der Waals surface area contributed by atoms with E-state index in [9.17, 15) is 34.2 Å². The third-order valence-electron chi connectivity index (χ3n) is 5.20. The van der Waals surface area contributed by atoms with Crippen LogP contribution in [0.1, 0.15) is 44.9 Å². The topological polar surface area (TPSA) is 225 Å². The van der Waals surface area contributed by atoms with Crippen molar-refractivity contribution in [3.05, 3.63) is 0 Å². The molecule has 1 aliphatic rings. The van der Waals surface area contributed by atoms with Gasteiger partial charge in [0.2, 0.25) is 17.7 Å². The SMILES string of the molecule is NCCCCC(N)C(=O)NC(CO)C(=O)NC(CCC(=O)O)C(=O)N1CCCC1C(=O)O. The molecule has 4 unspecified atom stereocenters. The van der Waals surface area contributed by atoms with Crippen LogP contribution in [0.15, 0.2) is 0 Å². The zero-order valence-electron chi connectivity index (χ0n) is 17.9. The van der Waals surface area contributed by atoms with Gasteiger partial charge in [-0.3, -0.25) is 19.2 Å². The van der Waals surface area contributed by atoms with E-state index in [-0.39, 0.29) is 19.4 Å². The van der Waals surface area contributed by atoms with Gasteiger partial charge in [0.25, 0.3) is 0 Å². The number of carbonyl (C=O) groups is 5. The van der Waals surface area contributed by atoms with Gasteiger partial charge >= 0.3 is 11.9 Å². The van der Waals surface area contributed by atoms with Crippen molar-refractivity contribution in [3.63, 3.8) is 0 Å². The number of likely N-dealkylation sites (tertiary alicyclic amines) is 1. The number of rotatable bonds is 14. The number of carboxylic acid groups (broad SMARTS) is 2. The number of carboxylic acids is 2. The van der Waals surface area contributed by atoms with E-state index in [2.05, 4.69) is 10.6 Å². The van der Waals surface area contributed by atoms with E-state index in [0.29, 0.717) is 32.2 Å². The zero-order chi connectivity index (χ0) is 24.3. The van der Waals surface area contributed by atoms with Crippen LogP contribution in [0.4, 0.5) is 0 Å². The minimum Gasteiger partial charge on any atom is -0.481 e. The van der Waals surface area contributed by atoms with Crippen LogP contribution in [-0.2, 0) is 24.0 Å². The molecule has 13 heteroatoms. The van der Waals surface area contributed by atoms with Gasteiger partial charge < -0.3 is 42.3 Å². The fourth-order valence-electron chi connectivity index (χ4n) is 3.40. The molecule has 0 radical (unpaired) electrons. The Hall–Kier alpha value is -2.77. The zero-order valence-corrected chi connectivity index (χ0v) is 17.9. The maximum atomic E-state index is 12.9. The quantitative estimate of drug-likeness (QED) is 0.133. The monoisotopic (exact) mass is 459 g/mol. The lowest BCUT2D eigenvalue weighted by atomic mass is 10.1. The summed E-state index contributed by atoms with van der Waals surface area (Å²) in [5, 5.41) is 32.4. The number of hydrogen-bond acceptors (Lipinski definition) is 8. The van der Waals surface area contributed by atoms with Crippen molar-refractivity contribution in [1.29, 1.82) is 0 Å². The Kier molecular flexibility index (Phi) is 11.6. The van der Waals surface area contributed by atoms with E-state index >= 15 is 0 Å². The first-order chi connectivity index (χ1) is 15.1. The van der Waals surface area contributed by atoms with Crippen molar-refractivity contribution < 1.29 is 39.3 Å². The molecule has 0 aromatic carbocycles. The van der Waals surface area contributed by atoms with Gasteiger partial charge in [0.15, 0.2) is 0 Å². The highest BCUT2D eigenvalue weighted by Crippen LogP contribution is 2.19. The average Bonchev–Trinajstić information content (AvgIpc) is 3.24. The number of nitrogens with one attached hydrogen (secondary N) is 2. The molecule has 9 N–H and O–H groups in total. The fourth-order valence-corrected chi connectivity index (χ4v) is 3.40. The maximum Gasteiger partial charge on any atom is 0.326 e. The van der Waals surface area contributed by atoms with Crippen LogP contribution >= 0.6 is 0 Å². The lowest BCUT2D eigenvalue weighted by molar-refractivity contribution is -0.150. The summed E-state index contributed by atoms with van der Waals surface area (Å²) < 4.78 is 0. The predicted octanol–water partition coefficient (Wildman–Crippen LogP) is -2.65. The average molecular weight is 460 g/mol. The first-order valence-electron chi connectivity index (χ1n) is 10.5. The fraction of sp³-hybridized carbons (Fsp3) is 0.737. The molecule has 1 heterocycles. The Bertz CT molecular complexity index is 689. The van der Waals surface area contributed by atoms with Gasteiger partial charge in [-0.2, -0.15) is 0 Å². The van der Waals surface area contributed by atoms with Crippen molar-refractivity contribution in [1.82, 2.24) is 15.5 Å². The first kappa shape index (κ1) is 27.3. The lowest BCUT2D eigenvalue weighted by Crippen LogP contribution is -2.58. The third-order valence-corrected chi connectivity index (χ3v) is 5.20. The van der Waals surface area contributed by atoms with Crippen LogP contribution in [-0.4, -0.2) is 93.7 Å². The number of aliphatic hydroxyl groups is 1. The molecule has 182 valence electrons. The Morgan fingerprint density at radius 1 is 1.00 bits per heavy atom. The van der Waals surface area contributed by atoms with E-state index in [4.69, 9.17) is 16.6 Å². The smallest absolute Gasteiger partial charge is 0.326 e. The Morgan fingerprint density at radius 2 is 1.66 bits per heavy atom. The number of unbranched alkanes of at least 4 members (excludes halogenated alkanes) is 1. The van der Waals surface area contributed by atoms with E-state index < -0.39 is 66.9 Å². The number of hydrogen-bond donors (Lipinski definition) is 7. The molecule has 0 bridgehead atoms. The summed E-state index contributed by atoms with van der Waals surface area (Å²) in [6, 6.07) is -4.74. The standard InChI is InChI=1S/C19H33N5O8/c20-8-2-1-4-11(21)16(28)23-13(10-25)17(29)22-12(6-7-15(26)27)18(30)24-9-3-5-14(24)19(31)32/h11-14,25H,1-10,20-21H2,(H,22,29)(H,23,28)(H,26,27)(H,31,32). The predicted molar refractivity (Wildman–Crippen MR) is 111 cm³/mol. The summed E-state index contributed by atoms with van der Waals surface area (Å²) >= 11 is 0. The molecule has 32 heavy (non-hydrogen) atoms. The van der Waals surface area contributed by atoms with E-state index in [1.165, 1.54) is 0 Å². The summed E-state index contributed by atoms with van der Waals surface area (Å²) in [6.07, 6.45) is 1.57. The van der Waals surface area contributed by atoms with Crippen molar-refractivity contribution in [2.75, 3.05) is 19.7 Å². The van der Waals surface area contributed by atoms with Crippen LogP contribution in [0.2, 0.25) is 0 Å². The van der Waals surface area contributed by atoms with Crippen molar-refractivity contribution in [3.8, 4) is 0 Å². The van der Waals surface area contributed by atoms with Crippen LogP contribution in [0.25, 0.3) is 0 Å². The number of amides is 3. The summed E-state index contributed by atoms with van der Waals surface area (Å²) in [6.45, 7) is -0.178. The Morgan fingerprint density at radius 3 is 2.22 bits per heavy atom. The largest absolute Gasteiger partial charge is 0.481 e. The minimum absolute atomic E-state index is 0.160. The molecule has 3 amide bonds. The maximum absolute atomic E-state index is 12.9. The second-order valence-electron chi connectivity index (χ2n) is 7.66. The Balaban J connectivity index is 2.84. The summed E-state index contributed by atoms with van der Waals surface area (Å²) in [5.41, 5.74) is 11.2. The molecule has 0 spiro atoms. The molecule has 0 saturated carbocycles. The van der Waals surface area contributed by atoms with Crippen LogP contribution in [0.5, 0.6) is 0 Å². The number of aliphatic carboxylic acids is 2. The second kappa shape index (κ2) is 13.6. The van der Waals surface area contributed by atoms with E-state index in [1.54, 1.807) is 0 Å². The molecule has 0 aromatic heterocycles. The van der Waals surface area contributed by atoms with E-state index in [0.717, 1.165) is 4.90 Å². The van der Waals surface area contributed by atoms with Crippen LogP contribution in [0.3, 0.4) is 0 Å². The molecule has 1 aliphatic heterocycles. The molecule has 13 nitrogen and oxygen atoms in total. The molecule has 1 rings (SSSR count). The molecule has 4 atom stereocenters. The van der Waals surface area contributed by atoms with Gasteiger partial charge in [0.1, 0.15) is 18.1 Å². The lowest BCUT2D eigenvalue weighted by Gasteiger charge is -2.28. The molecular weight excluding hydrogens is 426 g/mol. The number of carbonyl (C=O) groups excluding carboxylic acids is 3. The molecule has 0 aromatic rings. The van der Waals surface area contributed by atoms with E-state index in [1.807, 2.05) is 0 Å². The van der Waals surface area contributed by atoms with Gasteiger partial charge in [-0.15, -0.1) is 0 Å². The van der Waals surface area contributed by atoms with Crippen molar-refractivity contribution in [2.45, 2.75) is 69.1 Å². The second-order valence-corrected chi connectivity index (χ2v) is 7.66. The van der Waals surface area contributed by atoms with Gasteiger partial charge in [0.05, 0.1) is 12.6 Å². The first-order valence-corrected chi connectivity index (χ1v) is 10.5. The molecule has 1 saturated heterocycles. The number of aliphatic hydroxyl groups excluding tert-OH is 1. The summed E-state index contributed by atoms with van der Waals surface area (Å²) in [5.74, 6) is -4.71. The van der Waals surface area contributed by atoms with Gasteiger partial charge in [-0.05, 0) is 38.6 Å². The summed E-state index contributed by atoms with van der Waals surface area (Å²) in [7, 11) is 0. The van der Waals surface area contributed by atoms with Gasteiger partial charge in [-0.25, -0.2) is 4.79 Å². The highest BCUT2D eigenvalue weighted by molar-refractivity contribution is 5.94. The molecule has 1 fully saturated rings. The summed E-state index contributed by atoms with van der Waals surface area (Å²) in [4.78, 5) is 61.1. The highest BCUT2D eigenvalue weighted by atomic mass is 16.4. The van der Waals surface area contributed by atoms with Crippen LogP contribution < -0.4 is 22.1 Å². The minimum atomic E-state index is -1.42. The van der Waals surface area contributed by atoms with Crippen LogP contribution in [0, 0.1) is 0 Å². The molecule has 0 aliphatic carbocycles. The van der Waals surface area contributed by atoms with Crippen molar-refractivity contribution >= 4 is 29.7 Å². The third kappa shape index (κ3) is 8.40. The number of nitrogens with two attached hydrogens (primary N) is 2. The Labute approximate surface area is 185 Å². The number of nitrogens with zero attached hydrogens (tertiary/aromatic N) is 1. The normalized spacial score (nSPS) is 18.5.